The number of fused-ring (bicyclic) bond motifs is 1. The van der Waals surface area contributed by atoms with Crippen molar-refractivity contribution in [3.05, 3.63) is 65.7 Å². The van der Waals surface area contributed by atoms with E-state index in [1.807, 2.05) is 30.3 Å². The fourth-order valence-corrected chi connectivity index (χ4v) is 4.02. The monoisotopic (exact) mass is 341 g/mol. The standard InChI is InChI=1S/C19H20FN3O2/c20-14-6-7-17(22-8-14)19(15-9-21-10-16(15)19)12-23-18(24)25-11-13-4-2-1-3-5-13/h1-8,15-16,21H,9-12H2,(H,23,24)/t15-,16-/m1/s1. The Hall–Kier alpha value is -2.47. The molecule has 0 unspecified atom stereocenters. The lowest BCUT2D eigenvalue weighted by Crippen LogP contribution is -2.38. The molecule has 25 heavy (non-hydrogen) atoms. The largest absolute Gasteiger partial charge is 0.445 e. The number of carbonyl (C=O) groups is 1. The Morgan fingerprint density at radius 2 is 2.00 bits per heavy atom. The van der Waals surface area contributed by atoms with Gasteiger partial charge in [-0.15, -0.1) is 0 Å². The van der Waals surface area contributed by atoms with Crippen molar-refractivity contribution in [1.29, 1.82) is 0 Å². The molecule has 1 amide bonds. The van der Waals surface area contributed by atoms with E-state index in [-0.39, 0.29) is 17.8 Å². The maximum absolute atomic E-state index is 13.2. The third-order valence-corrected chi connectivity index (χ3v) is 5.37. The number of nitrogens with zero attached hydrogens (tertiary/aromatic N) is 1. The SMILES string of the molecule is O=C(NCC1(c2ccc(F)cn2)[C@@H]2CNC[C@H]21)OCc1ccccc1. The molecule has 2 N–H and O–H groups in total. The number of rotatable bonds is 5. The maximum Gasteiger partial charge on any atom is 0.407 e. The second kappa shape index (κ2) is 6.44. The number of carbonyl (C=O) groups excluding carboxylic acids is 1. The molecule has 1 aromatic heterocycles. The molecule has 2 fully saturated rings. The Kier molecular flexibility index (Phi) is 4.13. The average Bonchev–Trinajstić information content (AvgIpc) is 3.00. The summed E-state index contributed by atoms with van der Waals surface area (Å²) in [5.74, 6) is 0.484. The van der Waals surface area contributed by atoms with Gasteiger partial charge in [0.1, 0.15) is 12.4 Å². The van der Waals surface area contributed by atoms with Crippen LogP contribution in [0.25, 0.3) is 0 Å². The van der Waals surface area contributed by atoms with Gasteiger partial charge in [-0.25, -0.2) is 9.18 Å². The zero-order chi connectivity index (χ0) is 17.3. The van der Waals surface area contributed by atoms with E-state index in [0.717, 1.165) is 24.3 Å². The van der Waals surface area contributed by atoms with Crippen LogP contribution in [-0.4, -0.2) is 30.7 Å². The lowest BCUT2D eigenvalue weighted by atomic mass is 9.95. The van der Waals surface area contributed by atoms with Gasteiger partial charge in [0.25, 0.3) is 0 Å². The van der Waals surface area contributed by atoms with Gasteiger partial charge in [-0.05, 0) is 42.6 Å². The van der Waals surface area contributed by atoms with Crippen molar-refractivity contribution < 1.29 is 13.9 Å². The van der Waals surface area contributed by atoms with E-state index in [4.69, 9.17) is 4.74 Å². The summed E-state index contributed by atoms with van der Waals surface area (Å²) >= 11 is 0. The molecule has 1 aromatic carbocycles. The first-order chi connectivity index (χ1) is 12.2. The van der Waals surface area contributed by atoms with Gasteiger partial charge in [0.15, 0.2) is 0 Å². The first-order valence-electron chi connectivity index (χ1n) is 8.47. The number of amides is 1. The molecule has 4 rings (SSSR count). The number of benzene rings is 1. The van der Waals surface area contributed by atoms with Crippen LogP contribution < -0.4 is 10.6 Å². The van der Waals surface area contributed by atoms with Gasteiger partial charge in [-0.1, -0.05) is 30.3 Å². The second-order valence-corrected chi connectivity index (χ2v) is 6.69. The van der Waals surface area contributed by atoms with Crippen molar-refractivity contribution in [1.82, 2.24) is 15.6 Å². The number of nitrogens with one attached hydrogen (secondary N) is 2. The van der Waals surface area contributed by atoms with E-state index >= 15 is 0 Å². The number of aromatic nitrogens is 1. The van der Waals surface area contributed by atoms with Crippen molar-refractivity contribution in [3.8, 4) is 0 Å². The molecule has 2 atom stereocenters. The predicted octanol–water partition coefficient (Wildman–Crippen LogP) is 2.23. The highest BCUT2D eigenvalue weighted by atomic mass is 19.1. The summed E-state index contributed by atoms with van der Waals surface area (Å²) in [5.41, 5.74) is 1.57. The quantitative estimate of drug-likeness (QED) is 0.875. The molecule has 6 heteroatoms. The van der Waals surface area contributed by atoms with Crippen LogP contribution in [0, 0.1) is 17.7 Å². The van der Waals surface area contributed by atoms with E-state index < -0.39 is 6.09 Å². The summed E-state index contributed by atoms with van der Waals surface area (Å²) in [4.78, 5) is 16.3. The van der Waals surface area contributed by atoms with Gasteiger partial charge in [-0.2, -0.15) is 0 Å². The molecule has 1 aliphatic heterocycles. The highest BCUT2D eigenvalue weighted by Gasteiger charge is 2.67. The predicted molar refractivity (Wildman–Crippen MR) is 90.4 cm³/mol. The second-order valence-electron chi connectivity index (χ2n) is 6.69. The molecule has 1 aliphatic carbocycles. The van der Waals surface area contributed by atoms with Gasteiger partial charge in [-0.3, -0.25) is 4.98 Å². The molecule has 2 heterocycles. The van der Waals surface area contributed by atoms with Gasteiger partial charge in [0.05, 0.1) is 6.20 Å². The fraction of sp³-hybridized carbons (Fsp3) is 0.368. The Labute approximate surface area is 145 Å². The molecular weight excluding hydrogens is 321 g/mol. The van der Waals surface area contributed by atoms with Crippen molar-refractivity contribution in [2.45, 2.75) is 12.0 Å². The number of pyridine rings is 1. The molecule has 5 nitrogen and oxygen atoms in total. The van der Waals surface area contributed by atoms with Crippen LogP contribution >= 0.6 is 0 Å². The number of ether oxygens (including phenoxy) is 1. The summed E-state index contributed by atoms with van der Waals surface area (Å²) in [6.45, 7) is 2.48. The zero-order valence-electron chi connectivity index (χ0n) is 13.7. The topological polar surface area (TPSA) is 63.2 Å². The number of hydrogen-bond acceptors (Lipinski definition) is 4. The summed E-state index contributed by atoms with van der Waals surface area (Å²) < 4.78 is 18.5. The summed E-state index contributed by atoms with van der Waals surface area (Å²) in [6, 6.07) is 12.7. The van der Waals surface area contributed by atoms with Crippen LogP contribution in [-0.2, 0) is 16.8 Å². The molecular formula is C19H20FN3O2. The first-order valence-corrected chi connectivity index (χ1v) is 8.47. The van der Waals surface area contributed by atoms with Crippen molar-refractivity contribution in [2.24, 2.45) is 11.8 Å². The highest BCUT2D eigenvalue weighted by molar-refractivity contribution is 5.67. The molecule has 1 saturated carbocycles. The number of hydrogen-bond donors (Lipinski definition) is 2. The first kappa shape index (κ1) is 16.0. The maximum atomic E-state index is 13.2. The molecule has 0 spiro atoms. The van der Waals surface area contributed by atoms with E-state index in [1.54, 1.807) is 6.07 Å². The number of piperidine rings is 1. The van der Waals surface area contributed by atoms with Crippen LogP contribution in [0.5, 0.6) is 0 Å². The van der Waals surface area contributed by atoms with Crippen molar-refractivity contribution in [2.75, 3.05) is 19.6 Å². The molecule has 2 aliphatic rings. The zero-order valence-corrected chi connectivity index (χ0v) is 13.7. The highest BCUT2D eigenvalue weighted by Crippen LogP contribution is 2.60. The minimum absolute atomic E-state index is 0.218. The van der Waals surface area contributed by atoms with Crippen molar-refractivity contribution >= 4 is 6.09 Å². The molecule has 1 saturated heterocycles. The Morgan fingerprint density at radius 1 is 1.24 bits per heavy atom. The van der Waals surface area contributed by atoms with Crippen LogP contribution in [0.4, 0.5) is 9.18 Å². The molecule has 0 bridgehead atoms. The van der Waals surface area contributed by atoms with E-state index in [0.29, 0.717) is 18.4 Å². The Balaban J connectivity index is 1.39. The van der Waals surface area contributed by atoms with Gasteiger partial charge in [0, 0.05) is 17.7 Å². The van der Waals surface area contributed by atoms with Gasteiger partial charge < -0.3 is 15.4 Å². The van der Waals surface area contributed by atoms with Gasteiger partial charge >= 0.3 is 6.09 Å². The summed E-state index contributed by atoms with van der Waals surface area (Å²) in [5, 5.41) is 6.22. The normalized spacial score (nSPS) is 26.8. The smallest absolute Gasteiger partial charge is 0.407 e. The number of alkyl carbamates (subject to hydrolysis) is 1. The minimum Gasteiger partial charge on any atom is -0.445 e. The minimum atomic E-state index is -0.441. The molecule has 130 valence electrons. The molecule has 0 radical (unpaired) electrons. The Morgan fingerprint density at radius 3 is 2.68 bits per heavy atom. The van der Waals surface area contributed by atoms with Crippen LogP contribution in [0.15, 0.2) is 48.7 Å². The Bertz CT molecular complexity index is 741. The van der Waals surface area contributed by atoms with Crippen LogP contribution in [0.3, 0.4) is 0 Å². The van der Waals surface area contributed by atoms with Gasteiger partial charge in [0.2, 0.25) is 0 Å². The van der Waals surface area contributed by atoms with E-state index in [9.17, 15) is 9.18 Å². The average molecular weight is 341 g/mol. The van der Waals surface area contributed by atoms with E-state index in [2.05, 4.69) is 15.6 Å². The summed E-state index contributed by atoms with van der Waals surface area (Å²) in [7, 11) is 0. The fourth-order valence-electron chi connectivity index (χ4n) is 4.02. The number of halogens is 1. The summed E-state index contributed by atoms with van der Waals surface area (Å²) in [6.07, 6.45) is 0.801. The van der Waals surface area contributed by atoms with Crippen LogP contribution in [0.1, 0.15) is 11.3 Å². The molecule has 2 aromatic rings. The third-order valence-electron chi connectivity index (χ3n) is 5.37. The lowest BCUT2D eigenvalue weighted by Gasteiger charge is -2.21. The third kappa shape index (κ3) is 2.98. The van der Waals surface area contributed by atoms with Crippen molar-refractivity contribution in [3.63, 3.8) is 0 Å². The lowest BCUT2D eigenvalue weighted by molar-refractivity contribution is 0.138. The van der Waals surface area contributed by atoms with E-state index in [1.165, 1.54) is 12.3 Å². The van der Waals surface area contributed by atoms with Crippen LogP contribution in [0.2, 0.25) is 0 Å².